The number of nitrogens with zero attached hydrogens (tertiary/aromatic N) is 1. The van der Waals surface area contributed by atoms with Crippen LogP contribution in [0, 0.1) is 0 Å². The summed E-state index contributed by atoms with van der Waals surface area (Å²) in [7, 11) is -2.24. The highest BCUT2D eigenvalue weighted by atomic mass is 28.3. The van der Waals surface area contributed by atoms with Crippen LogP contribution >= 0.6 is 0 Å². The molecule has 0 aliphatic heterocycles. The van der Waals surface area contributed by atoms with Crippen LogP contribution < -0.4 is 0 Å². The van der Waals surface area contributed by atoms with Crippen molar-refractivity contribution in [1.29, 1.82) is 0 Å². The Morgan fingerprint density at radius 3 is 1.42 bits per heavy atom. The van der Waals surface area contributed by atoms with Crippen molar-refractivity contribution in [3.05, 3.63) is 25.3 Å². The average molecular weight is 492 g/mol. The first-order valence-corrected chi connectivity index (χ1v) is 20.4. The minimum absolute atomic E-state index is 1.04. The average Bonchev–Trinajstić information content (AvgIpc) is 2.78. The summed E-state index contributed by atoms with van der Waals surface area (Å²) < 4.78 is 0. The van der Waals surface area contributed by atoms with Crippen LogP contribution in [0.1, 0.15) is 105 Å². The largest absolute Gasteiger partial charge is 0.298 e. The summed E-state index contributed by atoms with van der Waals surface area (Å²) in [5.74, 6) is 0. The molecule has 0 heterocycles. The fraction of sp³-hybridized carbons (Fsp3) is 0.833. The molecule has 0 fully saturated rings. The standard InChI is InChI=1S/C30H61NSi2/c1-7-23-32(24-8-2,25-9-3)29-20-18-16-14-13-15-17-19-21-31-22-30-33(26-10-4,27-11-5)28-12-6/h7,10,22H,1,4,8-9,11-21,23-30H2,2-3,5-6H3. The first kappa shape index (κ1) is 32.6. The molecule has 0 atom stereocenters. The van der Waals surface area contributed by atoms with Gasteiger partial charge in [0.25, 0.3) is 0 Å². The molecule has 0 bridgehead atoms. The van der Waals surface area contributed by atoms with Crippen molar-refractivity contribution in [2.75, 3.05) is 6.54 Å². The molecule has 0 amide bonds. The molecule has 1 nitrogen and oxygen atoms in total. The molecule has 0 aromatic heterocycles. The highest BCUT2D eigenvalue weighted by Crippen LogP contribution is 2.31. The Bertz CT molecular complexity index is 474. The first-order chi connectivity index (χ1) is 16.1. The van der Waals surface area contributed by atoms with Crippen LogP contribution in [0.25, 0.3) is 0 Å². The molecule has 3 heteroatoms. The van der Waals surface area contributed by atoms with E-state index in [1.54, 1.807) is 6.04 Å². The Balaban J connectivity index is 3.92. The maximum Gasteiger partial charge on any atom is 0.0626 e. The predicted octanol–water partition coefficient (Wildman–Crippen LogP) is 11.1. The molecule has 0 rings (SSSR count). The number of allylic oxidation sites excluding steroid dienone is 2. The molecule has 33 heavy (non-hydrogen) atoms. The lowest BCUT2D eigenvalue weighted by Crippen LogP contribution is -2.33. The summed E-state index contributed by atoms with van der Waals surface area (Å²) in [6.45, 7) is 18.6. The fourth-order valence-electron chi connectivity index (χ4n) is 6.14. The Hall–Kier alpha value is -0.416. The van der Waals surface area contributed by atoms with Crippen LogP contribution in [0.5, 0.6) is 0 Å². The summed E-state index contributed by atoms with van der Waals surface area (Å²) >= 11 is 0. The summed E-state index contributed by atoms with van der Waals surface area (Å²) in [6.07, 6.45) is 23.4. The lowest BCUT2D eigenvalue weighted by Gasteiger charge is -2.30. The zero-order chi connectivity index (χ0) is 24.7. The van der Waals surface area contributed by atoms with Gasteiger partial charge in [0.2, 0.25) is 0 Å². The van der Waals surface area contributed by atoms with Gasteiger partial charge in [0.1, 0.15) is 0 Å². The van der Waals surface area contributed by atoms with E-state index in [2.05, 4.69) is 59.2 Å². The van der Waals surface area contributed by atoms with Crippen molar-refractivity contribution in [2.45, 2.75) is 153 Å². The van der Waals surface area contributed by atoms with Crippen LogP contribution in [0.4, 0.5) is 0 Å². The van der Waals surface area contributed by atoms with Gasteiger partial charge in [-0.1, -0.05) is 141 Å². The maximum absolute atomic E-state index is 4.80. The smallest absolute Gasteiger partial charge is 0.0626 e. The maximum atomic E-state index is 4.80. The van der Waals surface area contributed by atoms with Crippen molar-refractivity contribution in [3.8, 4) is 0 Å². The van der Waals surface area contributed by atoms with E-state index in [1.807, 2.05) is 0 Å². The van der Waals surface area contributed by atoms with Crippen LogP contribution in [0.2, 0.25) is 48.4 Å². The van der Waals surface area contributed by atoms with E-state index < -0.39 is 16.1 Å². The van der Waals surface area contributed by atoms with Crippen molar-refractivity contribution in [3.63, 3.8) is 0 Å². The normalized spacial score (nSPS) is 12.5. The SMILES string of the molecule is C=CC[Si](CC=NCCCCCCCCCC[Si](CC=C)(CCC)CCC)(CCC)CCC. The van der Waals surface area contributed by atoms with E-state index in [4.69, 9.17) is 4.99 Å². The van der Waals surface area contributed by atoms with E-state index >= 15 is 0 Å². The summed E-state index contributed by atoms with van der Waals surface area (Å²) in [6, 6.07) is 11.4. The summed E-state index contributed by atoms with van der Waals surface area (Å²) in [5, 5.41) is 0. The van der Waals surface area contributed by atoms with Crippen LogP contribution in [-0.2, 0) is 0 Å². The lowest BCUT2D eigenvalue weighted by molar-refractivity contribution is 0.577. The predicted molar refractivity (Wildman–Crippen MR) is 162 cm³/mol. The molecule has 0 unspecified atom stereocenters. The number of hydrogen-bond donors (Lipinski definition) is 0. The van der Waals surface area contributed by atoms with Crippen LogP contribution in [-0.4, -0.2) is 28.9 Å². The highest BCUT2D eigenvalue weighted by molar-refractivity contribution is 6.82. The number of hydrogen-bond acceptors (Lipinski definition) is 1. The van der Waals surface area contributed by atoms with Crippen LogP contribution in [0.15, 0.2) is 30.3 Å². The third-order valence-corrected chi connectivity index (χ3v) is 18.7. The van der Waals surface area contributed by atoms with Crippen molar-refractivity contribution >= 4 is 22.4 Å². The second-order valence-electron chi connectivity index (χ2n) is 10.9. The molecule has 0 N–H and O–H groups in total. The summed E-state index contributed by atoms with van der Waals surface area (Å²) in [5.41, 5.74) is 0. The molecule has 0 aromatic rings. The molecule has 0 aromatic carbocycles. The number of aliphatic imine (C=N–C) groups is 1. The molecule has 0 aliphatic rings. The Morgan fingerprint density at radius 2 is 0.939 bits per heavy atom. The minimum atomic E-state index is -1.19. The Labute approximate surface area is 212 Å². The highest BCUT2D eigenvalue weighted by Gasteiger charge is 2.29. The van der Waals surface area contributed by atoms with E-state index in [0.717, 1.165) is 6.54 Å². The second kappa shape index (κ2) is 22.1. The number of rotatable bonds is 25. The quantitative estimate of drug-likeness (QED) is 0.0521. The van der Waals surface area contributed by atoms with E-state index in [0.29, 0.717) is 0 Å². The van der Waals surface area contributed by atoms with Crippen molar-refractivity contribution in [2.24, 2.45) is 4.99 Å². The lowest BCUT2D eigenvalue weighted by atomic mass is 10.1. The van der Waals surface area contributed by atoms with Gasteiger partial charge in [-0.25, -0.2) is 0 Å². The van der Waals surface area contributed by atoms with E-state index in [1.165, 1.54) is 119 Å². The van der Waals surface area contributed by atoms with Gasteiger partial charge in [-0.05, 0) is 30.8 Å². The molecule has 0 saturated carbocycles. The molecular weight excluding hydrogens is 431 g/mol. The third-order valence-electron chi connectivity index (χ3n) is 7.67. The van der Waals surface area contributed by atoms with Gasteiger partial charge in [-0.3, -0.25) is 4.99 Å². The van der Waals surface area contributed by atoms with E-state index in [-0.39, 0.29) is 0 Å². The van der Waals surface area contributed by atoms with Gasteiger partial charge in [0.15, 0.2) is 0 Å². The van der Waals surface area contributed by atoms with Crippen molar-refractivity contribution < 1.29 is 0 Å². The number of unbranched alkanes of at least 4 members (excludes halogenated alkanes) is 7. The Kier molecular flexibility index (Phi) is 21.8. The molecule has 0 radical (unpaired) electrons. The van der Waals surface area contributed by atoms with Gasteiger partial charge < -0.3 is 0 Å². The molecular formula is C30H61NSi2. The van der Waals surface area contributed by atoms with Crippen LogP contribution in [0.3, 0.4) is 0 Å². The molecule has 0 aliphatic carbocycles. The van der Waals surface area contributed by atoms with E-state index in [9.17, 15) is 0 Å². The fourth-order valence-corrected chi connectivity index (χ4v) is 15.7. The molecule has 0 saturated heterocycles. The summed E-state index contributed by atoms with van der Waals surface area (Å²) in [4.78, 5) is 4.80. The zero-order valence-electron chi connectivity index (χ0n) is 23.4. The first-order valence-electron chi connectivity index (χ1n) is 14.8. The third kappa shape index (κ3) is 16.0. The van der Waals surface area contributed by atoms with Gasteiger partial charge in [-0.2, -0.15) is 0 Å². The molecule has 194 valence electrons. The minimum Gasteiger partial charge on any atom is -0.298 e. The second-order valence-corrected chi connectivity index (χ2v) is 20.6. The van der Waals surface area contributed by atoms with Gasteiger partial charge >= 0.3 is 0 Å². The monoisotopic (exact) mass is 491 g/mol. The molecule has 0 spiro atoms. The van der Waals surface area contributed by atoms with Crippen molar-refractivity contribution in [1.82, 2.24) is 0 Å². The van der Waals surface area contributed by atoms with Gasteiger partial charge in [-0.15, -0.1) is 13.2 Å². The van der Waals surface area contributed by atoms with Gasteiger partial charge in [0, 0.05) is 6.54 Å². The van der Waals surface area contributed by atoms with Gasteiger partial charge in [0.05, 0.1) is 16.1 Å². The Morgan fingerprint density at radius 1 is 0.515 bits per heavy atom. The topological polar surface area (TPSA) is 12.4 Å². The zero-order valence-corrected chi connectivity index (χ0v) is 25.4.